The summed E-state index contributed by atoms with van der Waals surface area (Å²) in [5.74, 6) is -0.0757. The molecule has 0 spiro atoms. The van der Waals surface area contributed by atoms with Crippen molar-refractivity contribution in [2.45, 2.75) is 37.2 Å². The Morgan fingerprint density at radius 3 is 2.69 bits per heavy atom. The molecule has 0 aromatic heterocycles. The minimum atomic E-state index is -0.792. The van der Waals surface area contributed by atoms with Crippen LogP contribution >= 0.6 is 35.4 Å². The minimum absolute atomic E-state index is 0.0109. The summed E-state index contributed by atoms with van der Waals surface area (Å²) >= 11 is 18.6. The normalized spacial score (nSPS) is 26.8. The van der Waals surface area contributed by atoms with Gasteiger partial charge < -0.3 is 15.1 Å². The second kappa shape index (κ2) is 8.62. The molecule has 8 heteroatoms. The molecule has 0 bridgehead atoms. The maximum atomic E-state index is 13.2. The lowest BCUT2D eigenvalue weighted by Gasteiger charge is -2.29. The van der Waals surface area contributed by atoms with Crippen molar-refractivity contribution in [3.05, 3.63) is 40.9 Å². The second-order valence-electron chi connectivity index (χ2n) is 7.71. The summed E-state index contributed by atoms with van der Waals surface area (Å²) in [6, 6.07) is 5.57. The number of amides is 1. The van der Waals surface area contributed by atoms with Crippen LogP contribution in [0.5, 0.6) is 0 Å². The monoisotopic (exact) mass is 450 g/mol. The van der Waals surface area contributed by atoms with Crippen LogP contribution in [-0.4, -0.2) is 53.3 Å². The van der Waals surface area contributed by atoms with E-state index in [0.29, 0.717) is 10.1 Å². The van der Waals surface area contributed by atoms with Crippen LogP contribution < -0.4 is 10.2 Å². The topological polar surface area (TPSA) is 47.9 Å². The molecule has 1 aromatic rings. The van der Waals surface area contributed by atoms with Gasteiger partial charge in [0.2, 0.25) is 6.17 Å². The van der Waals surface area contributed by atoms with E-state index in [2.05, 4.69) is 17.5 Å². The minimum Gasteiger partial charge on any atom is -0.342 e. The molecule has 1 N–H and O–H groups in total. The van der Waals surface area contributed by atoms with Crippen molar-refractivity contribution in [1.29, 1.82) is 0 Å². The molecule has 2 unspecified atom stereocenters. The fraction of sp³-hybridized carbons (Fsp3) is 0.476. The highest BCUT2D eigenvalue weighted by Crippen LogP contribution is 2.36. The lowest BCUT2D eigenvalue weighted by molar-refractivity contribution is -0.119. The smallest absolute Gasteiger partial charge is 0.272 e. The van der Waals surface area contributed by atoms with E-state index in [1.807, 2.05) is 17.0 Å². The van der Waals surface area contributed by atoms with Crippen LogP contribution in [0.3, 0.4) is 0 Å². The standard InChI is InChI=1S/C21H24Cl2N4OS/c1-26-17-9-8-13(22)12-15(17)18(14-6-2-3-7-16(14)23)24-19(20(26)28)25-21(29)27-10-4-5-11-27/h4-5,8-9,12,14,16,19H,2-3,6-7,10-11H2,1H3,(H,25,29)/t14-,16?,19?/m0/s1. The Balaban J connectivity index is 1.74. The van der Waals surface area contributed by atoms with Gasteiger partial charge in [0.05, 0.1) is 11.4 Å². The second-order valence-corrected chi connectivity index (χ2v) is 9.09. The first kappa shape index (κ1) is 20.6. The number of anilines is 1. The highest BCUT2D eigenvalue weighted by molar-refractivity contribution is 7.80. The summed E-state index contributed by atoms with van der Waals surface area (Å²) in [6.07, 6.45) is 7.43. The molecule has 154 valence electrons. The lowest BCUT2D eigenvalue weighted by atomic mass is 9.82. The molecule has 3 atom stereocenters. The van der Waals surface area contributed by atoms with Gasteiger partial charge in [0.25, 0.3) is 5.91 Å². The number of halogens is 2. The molecular formula is C21H24Cl2N4OS. The Morgan fingerprint density at radius 1 is 1.24 bits per heavy atom. The molecule has 2 heterocycles. The third kappa shape index (κ3) is 4.16. The zero-order chi connectivity index (χ0) is 20.5. The number of nitrogens with one attached hydrogen (secondary N) is 1. The van der Waals surface area contributed by atoms with Gasteiger partial charge in [0.1, 0.15) is 0 Å². The number of carbonyl (C=O) groups excluding carboxylic acids is 1. The summed E-state index contributed by atoms with van der Waals surface area (Å²) in [7, 11) is 1.77. The van der Waals surface area contributed by atoms with Crippen LogP contribution in [0.1, 0.15) is 31.2 Å². The van der Waals surface area contributed by atoms with Crippen molar-refractivity contribution >= 4 is 57.8 Å². The van der Waals surface area contributed by atoms with Crippen molar-refractivity contribution in [2.75, 3.05) is 25.0 Å². The highest BCUT2D eigenvalue weighted by atomic mass is 35.5. The lowest BCUT2D eigenvalue weighted by Crippen LogP contribution is -2.50. The van der Waals surface area contributed by atoms with E-state index in [4.69, 9.17) is 40.4 Å². The SMILES string of the molecule is CN1C(=O)C(NC(=S)N2CC=CC2)N=C([C@H]2CCCCC2Cl)c2cc(Cl)ccc21. The van der Waals surface area contributed by atoms with Gasteiger partial charge >= 0.3 is 0 Å². The van der Waals surface area contributed by atoms with Crippen LogP contribution in [0.2, 0.25) is 5.02 Å². The number of benzene rings is 1. The van der Waals surface area contributed by atoms with E-state index < -0.39 is 6.17 Å². The summed E-state index contributed by atoms with van der Waals surface area (Å²) in [6.45, 7) is 1.47. The van der Waals surface area contributed by atoms with Crippen molar-refractivity contribution in [3.8, 4) is 0 Å². The Bertz CT molecular complexity index is 879. The summed E-state index contributed by atoms with van der Waals surface area (Å²) in [5, 5.41) is 4.31. The third-order valence-corrected chi connectivity index (χ3v) is 6.96. The average molecular weight is 451 g/mol. The van der Waals surface area contributed by atoms with Crippen LogP contribution in [0, 0.1) is 5.92 Å². The average Bonchev–Trinajstić information content (AvgIpc) is 3.23. The van der Waals surface area contributed by atoms with Gasteiger partial charge in [-0.2, -0.15) is 0 Å². The number of carbonyl (C=O) groups is 1. The van der Waals surface area contributed by atoms with E-state index in [1.165, 1.54) is 0 Å². The van der Waals surface area contributed by atoms with Gasteiger partial charge in [-0.25, -0.2) is 0 Å². The number of hydrogen-bond acceptors (Lipinski definition) is 3. The zero-order valence-corrected chi connectivity index (χ0v) is 18.6. The molecule has 2 aliphatic heterocycles. The summed E-state index contributed by atoms with van der Waals surface area (Å²) in [4.78, 5) is 21.8. The van der Waals surface area contributed by atoms with Gasteiger partial charge in [0, 0.05) is 42.0 Å². The van der Waals surface area contributed by atoms with Crippen molar-refractivity contribution < 1.29 is 4.79 Å². The number of alkyl halides is 1. The molecule has 1 aromatic carbocycles. The first-order valence-electron chi connectivity index (χ1n) is 9.95. The Kier molecular flexibility index (Phi) is 6.13. The Hall–Kier alpha value is -1.63. The quantitative estimate of drug-likeness (QED) is 0.420. The molecule has 29 heavy (non-hydrogen) atoms. The predicted octanol–water partition coefficient (Wildman–Crippen LogP) is 3.98. The first-order chi connectivity index (χ1) is 14.0. The van der Waals surface area contributed by atoms with Crippen molar-refractivity contribution in [3.63, 3.8) is 0 Å². The number of fused-ring (bicyclic) bond motifs is 1. The number of likely N-dealkylation sites (N-methyl/N-ethyl adjacent to an activating group) is 1. The number of rotatable bonds is 2. The molecule has 1 saturated carbocycles. The van der Waals surface area contributed by atoms with Crippen LogP contribution in [-0.2, 0) is 4.79 Å². The number of hydrogen-bond donors (Lipinski definition) is 1. The molecule has 4 rings (SSSR count). The maximum Gasteiger partial charge on any atom is 0.272 e. The largest absolute Gasteiger partial charge is 0.342 e. The fourth-order valence-electron chi connectivity index (χ4n) is 4.21. The van der Waals surface area contributed by atoms with Crippen LogP contribution in [0.4, 0.5) is 5.69 Å². The van der Waals surface area contributed by atoms with E-state index in [1.54, 1.807) is 18.0 Å². The van der Waals surface area contributed by atoms with E-state index in [0.717, 1.165) is 55.7 Å². The third-order valence-electron chi connectivity index (χ3n) is 5.83. The molecule has 1 aliphatic carbocycles. The number of aliphatic imine (C=N–C) groups is 1. The van der Waals surface area contributed by atoms with Crippen molar-refractivity contribution in [2.24, 2.45) is 10.9 Å². The zero-order valence-electron chi connectivity index (χ0n) is 16.3. The van der Waals surface area contributed by atoms with E-state index in [9.17, 15) is 4.79 Å². The van der Waals surface area contributed by atoms with Crippen LogP contribution in [0.25, 0.3) is 0 Å². The molecule has 1 amide bonds. The number of benzodiazepines with no additional fused rings is 1. The Morgan fingerprint density at radius 2 is 1.97 bits per heavy atom. The van der Waals surface area contributed by atoms with Gasteiger partial charge in [-0.3, -0.25) is 9.79 Å². The molecular weight excluding hydrogens is 427 g/mol. The van der Waals surface area contributed by atoms with Gasteiger partial charge in [-0.1, -0.05) is 36.6 Å². The summed E-state index contributed by atoms with van der Waals surface area (Å²) < 4.78 is 0. The van der Waals surface area contributed by atoms with Crippen LogP contribution in [0.15, 0.2) is 35.3 Å². The van der Waals surface area contributed by atoms with Crippen molar-refractivity contribution in [1.82, 2.24) is 10.2 Å². The maximum absolute atomic E-state index is 13.2. The molecule has 3 aliphatic rings. The fourth-order valence-corrected chi connectivity index (χ4v) is 5.04. The summed E-state index contributed by atoms with van der Waals surface area (Å²) in [5.41, 5.74) is 2.52. The Labute approximate surface area is 186 Å². The van der Waals surface area contributed by atoms with Gasteiger partial charge in [0.15, 0.2) is 5.11 Å². The molecule has 0 saturated heterocycles. The number of thiocarbonyl (C=S) groups is 1. The molecule has 1 fully saturated rings. The molecule has 5 nitrogen and oxygen atoms in total. The predicted molar refractivity (Wildman–Crippen MR) is 123 cm³/mol. The van der Waals surface area contributed by atoms with Gasteiger partial charge in [-0.05, 0) is 43.3 Å². The first-order valence-corrected chi connectivity index (χ1v) is 11.2. The molecule has 0 radical (unpaired) electrons. The van der Waals surface area contributed by atoms with E-state index in [-0.39, 0.29) is 17.2 Å². The number of nitrogens with zero attached hydrogens (tertiary/aromatic N) is 3. The van der Waals surface area contributed by atoms with Gasteiger partial charge in [-0.15, -0.1) is 11.6 Å². The van der Waals surface area contributed by atoms with E-state index >= 15 is 0 Å². The highest BCUT2D eigenvalue weighted by Gasteiger charge is 2.36.